The van der Waals surface area contributed by atoms with Crippen LogP contribution >= 0.6 is 23.5 Å². The van der Waals surface area contributed by atoms with E-state index in [4.69, 9.17) is 4.74 Å². The highest BCUT2D eigenvalue weighted by atomic mass is 32.2. The second-order valence-electron chi connectivity index (χ2n) is 2.16. The van der Waals surface area contributed by atoms with Crippen molar-refractivity contribution >= 4 is 33.0 Å². The molecule has 0 aromatic carbocycles. The van der Waals surface area contributed by atoms with E-state index in [1.54, 1.807) is 11.8 Å². The van der Waals surface area contributed by atoms with Gasteiger partial charge in [-0.3, -0.25) is 4.79 Å². The van der Waals surface area contributed by atoms with Gasteiger partial charge in [0.1, 0.15) is 10.6 Å². The van der Waals surface area contributed by atoms with Crippen molar-refractivity contribution in [3.05, 3.63) is 12.0 Å². The van der Waals surface area contributed by atoms with Crippen LogP contribution in [0.25, 0.3) is 0 Å². The fourth-order valence-corrected chi connectivity index (χ4v) is 2.45. The molecule has 1 rings (SSSR count). The minimum atomic E-state index is -0.0237. The van der Waals surface area contributed by atoms with Crippen molar-refractivity contribution in [1.82, 2.24) is 0 Å². The summed E-state index contributed by atoms with van der Waals surface area (Å²) in [6, 6.07) is 0. The van der Waals surface area contributed by atoms with E-state index in [9.17, 15) is 4.79 Å². The van der Waals surface area contributed by atoms with E-state index in [2.05, 4.69) is 4.99 Å². The molecule has 72 valence electrons. The summed E-state index contributed by atoms with van der Waals surface area (Å²) in [5, 5.41) is -0.0237. The van der Waals surface area contributed by atoms with E-state index in [-0.39, 0.29) is 5.12 Å². The molecule has 1 aliphatic heterocycles. The van der Waals surface area contributed by atoms with Gasteiger partial charge >= 0.3 is 0 Å². The van der Waals surface area contributed by atoms with Gasteiger partial charge in [0.25, 0.3) is 0 Å². The zero-order chi connectivity index (χ0) is 9.68. The third kappa shape index (κ3) is 3.08. The van der Waals surface area contributed by atoms with Crippen LogP contribution in [0.3, 0.4) is 0 Å². The first-order chi connectivity index (χ1) is 6.27. The topological polar surface area (TPSA) is 38.7 Å². The molecule has 0 aromatic heterocycles. The highest BCUT2D eigenvalue weighted by Gasteiger charge is 2.22. The van der Waals surface area contributed by atoms with Crippen LogP contribution in [0.5, 0.6) is 0 Å². The smallest absolute Gasteiger partial charge is 0.247 e. The van der Waals surface area contributed by atoms with E-state index in [0.717, 1.165) is 10.1 Å². The van der Waals surface area contributed by atoms with E-state index in [1.807, 2.05) is 13.8 Å². The lowest BCUT2D eigenvalue weighted by Crippen LogP contribution is -1.90. The molecule has 0 spiro atoms. The Balaban J connectivity index is 2.60. The fraction of sp³-hybridized carbons (Fsp3) is 0.500. The molecule has 0 atom stereocenters. The largest absolute Gasteiger partial charge is 0.499 e. The minimum absolute atomic E-state index is 0.0237. The van der Waals surface area contributed by atoms with Crippen molar-refractivity contribution in [2.75, 3.05) is 12.4 Å². The maximum atomic E-state index is 11.3. The van der Waals surface area contributed by atoms with Crippen molar-refractivity contribution < 1.29 is 9.53 Å². The highest BCUT2D eigenvalue weighted by molar-refractivity contribution is 8.45. The molecular formula is C8H11NO2S2. The molecule has 3 nitrogen and oxygen atoms in total. The Kier molecular flexibility index (Phi) is 4.38. The summed E-state index contributed by atoms with van der Waals surface area (Å²) in [5.74, 6) is 0.932. The summed E-state index contributed by atoms with van der Waals surface area (Å²) in [6.45, 7) is 4.46. The van der Waals surface area contributed by atoms with Crippen molar-refractivity contribution in [2.45, 2.75) is 13.8 Å². The third-order valence-corrected chi connectivity index (χ3v) is 3.12. The molecule has 1 heterocycles. The number of hydrogen-bond donors (Lipinski definition) is 0. The van der Waals surface area contributed by atoms with Crippen LogP contribution in [0.1, 0.15) is 13.8 Å². The third-order valence-electron chi connectivity index (χ3n) is 1.23. The van der Waals surface area contributed by atoms with E-state index >= 15 is 0 Å². The van der Waals surface area contributed by atoms with Gasteiger partial charge in [0.05, 0.1) is 6.61 Å². The Labute approximate surface area is 86.0 Å². The average Bonchev–Trinajstić information content (AvgIpc) is 2.44. The molecule has 1 aliphatic rings. The van der Waals surface area contributed by atoms with Gasteiger partial charge in [0.2, 0.25) is 5.12 Å². The number of thioether (sulfide) groups is 2. The number of nitrogens with zero attached hydrogens (tertiary/aromatic N) is 1. The van der Waals surface area contributed by atoms with E-state index < -0.39 is 0 Å². The molecule has 0 saturated carbocycles. The van der Waals surface area contributed by atoms with Gasteiger partial charge < -0.3 is 4.74 Å². The summed E-state index contributed by atoms with van der Waals surface area (Å²) in [7, 11) is 0. The minimum Gasteiger partial charge on any atom is -0.499 e. The van der Waals surface area contributed by atoms with Gasteiger partial charge in [-0.15, -0.1) is 0 Å². The molecule has 0 unspecified atom stereocenters. The molecule has 0 N–H and O–H groups in total. The first-order valence-electron chi connectivity index (χ1n) is 4.03. The first-order valence-corrected chi connectivity index (χ1v) is 5.83. The number of aliphatic imine (C=N–C) groups is 1. The van der Waals surface area contributed by atoms with Crippen LogP contribution in [0.2, 0.25) is 0 Å². The maximum Gasteiger partial charge on any atom is 0.247 e. The molecule has 5 heteroatoms. The highest BCUT2D eigenvalue weighted by Crippen LogP contribution is 2.29. The van der Waals surface area contributed by atoms with Gasteiger partial charge in [-0.25, -0.2) is 4.99 Å². The normalized spacial score (nSPS) is 19.4. The number of hydrogen-bond acceptors (Lipinski definition) is 5. The van der Waals surface area contributed by atoms with Gasteiger partial charge in [-0.1, -0.05) is 18.7 Å². The second kappa shape index (κ2) is 5.34. The van der Waals surface area contributed by atoms with Gasteiger partial charge in [0, 0.05) is 0 Å². The summed E-state index contributed by atoms with van der Waals surface area (Å²) >= 11 is 2.75. The monoisotopic (exact) mass is 217 g/mol. The molecule has 13 heavy (non-hydrogen) atoms. The zero-order valence-corrected chi connectivity index (χ0v) is 9.20. The Morgan fingerprint density at radius 1 is 1.62 bits per heavy atom. The maximum absolute atomic E-state index is 11.3. The quantitative estimate of drug-likeness (QED) is 0.537. The standard InChI is InChI=1S/C8H11NO2S2/c1-3-11-5-6-7(10)13-8(9-6)12-4-2/h5H,3-4H2,1-2H3/b6-5+. The predicted octanol–water partition coefficient (Wildman–Crippen LogP) is 2.25. The van der Waals surface area contributed by atoms with Crippen molar-refractivity contribution in [3.8, 4) is 0 Å². The van der Waals surface area contributed by atoms with Crippen LogP contribution in [0.4, 0.5) is 0 Å². The SMILES string of the molecule is CCO/C=C1/N=C(SCC)SC1=O. The van der Waals surface area contributed by atoms with E-state index in [1.165, 1.54) is 18.0 Å². The molecule has 0 amide bonds. The molecule has 0 fully saturated rings. The lowest BCUT2D eigenvalue weighted by atomic mass is 10.5. The second-order valence-corrected chi connectivity index (χ2v) is 4.63. The number of carbonyl (C=O) groups is 1. The predicted molar refractivity (Wildman–Crippen MR) is 57.9 cm³/mol. The van der Waals surface area contributed by atoms with Crippen LogP contribution in [-0.4, -0.2) is 21.9 Å². The molecule has 0 aromatic rings. The number of ether oxygens (including phenoxy) is 1. The van der Waals surface area contributed by atoms with Crippen LogP contribution in [-0.2, 0) is 9.53 Å². The summed E-state index contributed by atoms with van der Waals surface area (Å²) in [4.78, 5) is 15.4. The lowest BCUT2D eigenvalue weighted by molar-refractivity contribution is -0.107. The summed E-state index contributed by atoms with van der Waals surface area (Å²) in [5.41, 5.74) is 0.419. The first kappa shape index (κ1) is 10.7. The fourth-order valence-electron chi connectivity index (χ4n) is 0.720. The van der Waals surface area contributed by atoms with Crippen molar-refractivity contribution in [3.63, 3.8) is 0 Å². The van der Waals surface area contributed by atoms with Crippen molar-refractivity contribution in [1.29, 1.82) is 0 Å². The Bertz CT molecular complexity index is 261. The molecule has 0 bridgehead atoms. The molecule has 0 aliphatic carbocycles. The van der Waals surface area contributed by atoms with Crippen LogP contribution < -0.4 is 0 Å². The zero-order valence-electron chi connectivity index (χ0n) is 7.57. The van der Waals surface area contributed by atoms with Gasteiger partial charge in [0.15, 0.2) is 5.70 Å². The van der Waals surface area contributed by atoms with Crippen LogP contribution in [0.15, 0.2) is 17.0 Å². The molecule has 0 radical (unpaired) electrons. The van der Waals surface area contributed by atoms with Crippen LogP contribution in [0, 0.1) is 0 Å². The molecule has 0 saturated heterocycles. The number of rotatable bonds is 3. The Morgan fingerprint density at radius 2 is 2.38 bits per heavy atom. The number of carbonyl (C=O) groups excluding carboxylic acids is 1. The van der Waals surface area contributed by atoms with Gasteiger partial charge in [-0.2, -0.15) is 0 Å². The Morgan fingerprint density at radius 3 is 3.00 bits per heavy atom. The van der Waals surface area contributed by atoms with Gasteiger partial charge in [-0.05, 0) is 24.4 Å². The van der Waals surface area contributed by atoms with E-state index in [0.29, 0.717) is 12.3 Å². The summed E-state index contributed by atoms with van der Waals surface area (Å²) in [6.07, 6.45) is 1.43. The summed E-state index contributed by atoms with van der Waals surface area (Å²) < 4.78 is 5.82. The Hall–Kier alpha value is -0.420. The van der Waals surface area contributed by atoms with Crippen molar-refractivity contribution in [2.24, 2.45) is 4.99 Å². The molecular weight excluding hydrogens is 206 g/mol. The average molecular weight is 217 g/mol. The lowest BCUT2D eigenvalue weighted by Gasteiger charge is -1.92.